The highest BCUT2D eigenvalue weighted by molar-refractivity contribution is 7.90. The van der Waals surface area contributed by atoms with E-state index >= 15 is 0 Å². The molecule has 1 aliphatic carbocycles. The first-order chi connectivity index (χ1) is 12.9. The molecule has 1 aromatic rings. The molecule has 0 saturated heterocycles. The van der Waals surface area contributed by atoms with Gasteiger partial charge in [0.15, 0.2) is 15.8 Å². The van der Waals surface area contributed by atoms with Gasteiger partial charge < -0.3 is 15.4 Å². The van der Waals surface area contributed by atoms with Crippen LogP contribution in [-0.2, 0) is 21.1 Å². The normalized spacial score (nSPS) is 17.1. The van der Waals surface area contributed by atoms with E-state index in [1.165, 1.54) is 31.9 Å². The predicted octanol–water partition coefficient (Wildman–Crippen LogP) is 2.74. The van der Waals surface area contributed by atoms with Crippen LogP contribution in [0.5, 0.6) is 0 Å². The average Bonchev–Trinajstić information content (AvgIpc) is 3.11. The van der Waals surface area contributed by atoms with E-state index in [-0.39, 0.29) is 0 Å². The number of rotatable bonds is 9. The maximum atomic E-state index is 11.5. The van der Waals surface area contributed by atoms with Crippen molar-refractivity contribution in [2.75, 3.05) is 33.1 Å². The summed E-state index contributed by atoms with van der Waals surface area (Å²) in [5, 5.41) is 6.78. The van der Waals surface area contributed by atoms with Crippen molar-refractivity contribution in [3.63, 3.8) is 0 Å². The summed E-state index contributed by atoms with van der Waals surface area (Å²) in [5.74, 6) is 0.768. The Morgan fingerprint density at radius 2 is 1.85 bits per heavy atom. The molecular weight excluding hydrogens is 362 g/mol. The largest absolute Gasteiger partial charge is 0.382 e. The fraction of sp³-hybridized carbons (Fsp3) is 0.650. The zero-order valence-corrected chi connectivity index (χ0v) is 17.6. The average molecular weight is 396 g/mol. The molecule has 0 amide bonds. The van der Waals surface area contributed by atoms with Crippen molar-refractivity contribution >= 4 is 15.8 Å². The molecule has 1 fully saturated rings. The van der Waals surface area contributed by atoms with Crippen molar-refractivity contribution in [1.82, 2.24) is 10.6 Å². The summed E-state index contributed by atoms with van der Waals surface area (Å²) in [5.41, 5.74) is 1.31. The lowest BCUT2D eigenvalue weighted by atomic mass is 9.83. The Morgan fingerprint density at radius 1 is 1.19 bits per heavy atom. The van der Waals surface area contributed by atoms with Gasteiger partial charge in [0, 0.05) is 39.6 Å². The van der Waals surface area contributed by atoms with Crippen LogP contribution in [0.15, 0.2) is 34.2 Å². The monoisotopic (exact) mass is 395 g/mol. The molecule has 1 saturated carbocycles. The second-order valence-corrected chi connectivity index (χ2v) is 9.37. The minimum Gasteiger partial charge on any atom is -0.382 e. The number of hydrogen-bond acceptors (Lipinski definition) is 4. The van der Waals surface area contributed by atoms with Crippen molar-refractivity contribution in [2.45, 2.75) is 50.5 Å². The number of nitrogens with zero attached hydrogens (tertiary/aromatic N) is 1. The highest BCUT2D eigenvalue weighted by Gasteiger charge is 2.33. The lowest BCUT2D eigenvalue weighted by molar-refractivity contribution is 0.105. The summed E-state index contributed by atoms with van der Waals surface area (Å²) in [6.07, 6.45) is 7.33. The number of nitrogens with one attached hydrogen (secondary N) is 2. The van der Waals surface area contributed by atoms with Crippen LogP contribution in [0.25, 0.3) is 0 Å². The second-order valence-electron chi connectivity index (χ2n) is 7.35. The predicted molar refractivity (Wildman–Crippen MR) is 110 cm³/mol. The van der Waals surface area contributed by atoms with Crippen LogP contribution in [0.4, 0.5) is 0 Å². The third kappa shape index (κ3) is 6.81. The molecule has 0 unspecified atom stereocenters. The smallest absolute Gasteiger partial charge is 0.191 e. The van der Waals surface area contributed by atoms with Crippen LogP contribution in [0.2, 0.25) is 0 Å². The van der Waals surface area contributed by atoms with Gasteiger partial charge in [0.1, 0.15) is 0 Å². The fourth-order valence-corrected chi connectivity index (χ4v) is 4.24. The summed E-state index contributed by atoms with van der Waals surface area (Å²) in [4.78, 5) is 4.65. The molecule has 7 heteroatoms. The third-order valence-corrected chi connectivity index (χ3v) is 6.44. The van der Waals surface area contributed by atoms with Crippen LogP contribution in [0, 0.1) is 5.41 Å². The molecular formula is C20H33N3O3S. The Labute approximate surface area is 163 Å². The Balaban J connectivity index is 1.86. The van der Waals surface area contributed by atoms with Gasteiger partial charge in [-0.15, -0.1) is 0 Å². The summed E-state index contributed by atoms with van der Waals surface area (Å²) in [6.45, 7) is 5.11. The number of hydrogen-bond donors (Lipinski definition) is 2. The molecule has 2 rings (SSSR count). The molecule has 27 heavy (non-hydrogen) atoms. The maximum Gasteiger partial charge on any atom is 0.191 e. The van der Waals surface area contributed by atoms with Crippen LogP contribution in [0.3, 0.4) is 0 Å². The second kappa shape index (κ2) is 10.1. The van der Waals surface area contributed by atoms with Gasteiger partial charge in [0.25, 0.3) is 0 Å². The minimum absolute atomic E-state index is 0.296. The standard InChI is InChI=1S/C20H33N3O3S/c1-4-26-14-13-20(11-5-6-12-20)16-23-19(21-2)22-15-17-7-9-18(10-8-17)27(3,24)25/h7-10H,4-6,11-16H2,1-3H3,(H2,21,22,23). The lowest BCUT2D eigenvalue weighted by Crippen LogP contribution is -2.43. The van der Waals surface area contributed by atoms with E-state index in [1.54, 1.807) is 19.2 Å². The number of guanidine groups is 1. The summed E-state index contributed by atoms with van der Waals surface area (Å²) >= 11 is 0. The molecule has 0 heterocycles. The number of sulfone groups is 1. The topological polar surface area (TPSA) is 79.8 Å². The number of ether oxygens (including phenoxy) is 1. The van der Waals surface area contributed by atoms with Crippen molar-refractivity contribution in [2.24, 2.45) is 10.4 Å². The van der Waals surface area contributed by atoms with E-state index < -0.39 is 9.84 Å². The first-order valence-electron chi connectivity index (χ1n) is 9.70. The van der Waals surface area contributed by atoms with Gasteiger partial charge in [-0.1, -0.05) is 25.0 Å². The number of benzene rings is 1. The Morgan fingerprint density at radius 3 is 2.41 bits per heavy atom. The summed E-state index contributed by atoms with van der Waals surface area (Å²) < 4.78 is 28.7. The zero-order chi connectivity index (χ0) is 19.8. The molecule has 6 nitrogen and oxygen atoms in total. The molecule has 0 aromatic heterocycles. The highest BCUT2D eigenvalue weighted by atomic mass is 32.2. The van der Waals surface area contributed by atoms with Crippen molar-refractivity contribution in [3.05, 3.63) is 29.8 Å². The molecule has 152 valence electrons. The van der Waals surface area contributed by atoms with Gasteiger partial charge >= 0.3 is 0 Å². The van der Waals surface area contributed by atoms with Gasteiger partial charge in [0.2, 0.25) is 0 Å². The zero-order valence-electron chi connectivity index (χ0n) is 16.8. The van der Waals surface area contributed by atoms with E-state index in [2.05, 4.69) is 15.6 Å². The molecule has 2 N–H and O–H groups in total. The van der Waals surface area contributed by atoms with Gasteiger partial charge in [-0.25, -0.2) is 8.42 Å². The Hall–Kier alpha value is -1.60. The summed E-state index contributed by atoms with van der Waals surface area (Å²) in [7, 11) is -1.39. The summed E-state index contributed by atoms with van der Waals surface area (Å²) in [6, 6.07) is 6.95. The fourth-order valence-electron chi connectivity index (χ4n) is 3.61. The van der Waals surface area contributed by atoms with Crippen molar-refractivity contribution in [3.8, 4) is 0 Å². The molecule has 0 bridgehead atoms. The SMILES string of the molecule is CCOCCC1(CNC(=NC)NCc2ccc(S(C)(=O)=O)cc2)CCCC1. The van der Waals surface area contributed by atoms with Crippen molar-refractivity contribution in [1.29, 1.82) is 0 Å². The van der Waals surface area contributed by atoms with E-state index in [9.17, 15) is 8.42 Å². The quantitative estimate of drug-likeness (QED) is 0.382. The van der Waals surface area contributed by atoms with Crippen LogP contribution >= 0.6 is 0 Å². The number of aliphatic imine (C=N–C) groups is 1. The van der Waals surface area contributed by atoms with E-state index in [4.69, 9.17) is 4.74 Å². The molecule has 1 aliphatic rings. The van der Waals surface area contributed by atoms with E-state index in [0.717, 1.165) is 37.7 Å². The highest BCUT2D eigenvalue weighted by Crippen LogP contribution is 2.40. The minimum atomic E-state index is -3.16. The Bertz CT molecular complexity index is 708. The van der Waals surface area contributed by atoms with Crippen molar-refractivity contribution < 1.29 is 13.2 Å². The van der Waals surface area contributed by atoms with Crippen LogP contribution in [0.1, 0.15) is 44.6 Å². The van der Waals surface area contributed by atoms with Crippen LogP contribution in [-0.4, -0.2) is 47.4 Å². The van der Waals surface area contributed by atoms with Crippen LogP contribution < -0.4 is 10.6 Å². The molecule has 0 aliphatic heterocycles. The van der Waals surface area contributed by atoms with E-state index in [1.807, 2.05) is 19.1 Å². The van der Waals surface area contributed by atoms with Gasteiger partial charge in [0.05, 0.1) is 4.90 Å². The first-order valence-corrected chi connectivity index (χ1v) is 11.6. The molecule has 0 radical (unpaired) electrons. The maximum absolute atomic E-state index is 11.5. The molecule has 0 atom stereocenters. The van der Waals surface area contributed by atoms with Gasteiger partial charge in [-0.05, 0) is 49.3 Å². The molecule has 1 aromatic carbocycles. The van der Waals surface area contributed by atoms with Gasteiger partial charge in [-0.2, -0.15) is 0 Å². The third-order valence-electron chi connectivity index (χ3n) is 5.31. The first kappa shape index (κ1) is 21.7. The van der Waals surface area contributed by atoms with E-state index in [0.29, 0.717) is 16.9 Å². The Kier molecular flexibility index (Phi) is 8.10. The van der Waals surface area contributed by atoms with Gasteiger partial charge in [-0.3, -0.25) is 4.99 Å². The molecule has 0 spiro atoms. The lowest BCUT2D eigenvalue weighted by Gasteiger charge is -2.30.